The van der Waals surface area contributed by atoms with E-state index in [-0.39, 0.29) is 28.5 Å². The fraction of sp³-hybridized carbons (Fsp3) is 0.412. The topological polar surface area (TPSA) is 66.9 Å². The van der Waals surface area contributed by atoms with Gasteiger partial charge < -0.3 is 5.32 Å². The Balaban J connectivity index is 1.86. The minimum absolute atomic E-state index is 0.107. The molecule has 0 bridgehead atoms. The number of benzene rings is 1. The number of hydrogen-bond acceptors (Lipinski definition) is 3. The summed E-state index contributed by atoms with van der Waals surface area (Å²) in [6.07, 6.45) is 4.28. The summed E-state index contributed by atoms with van der Waals surface area (Å²) >= 11 is 13.8. The third kappa shape index (κ3) is 3.11. The van der Waals surface area contributed by atoms with Crippen LogP contribution in [0.2, 0.25) is 10.0 Å². The minimum Gasteiger partial charge on any atom is -0.310 e. The lowest BCUT2D eigenvalue weighted by Gasteiger charge is -2.17. The zero-order chi connectivity index (χ0) is 17.6. The fourth-order valence-electron chi connectivity index (χ4n) is 3.64. The molecule has 1 aromatic heterocycles. The molecular weight excluding hydrogens is 381 g/mol. The summed E-state index contributed by atoms with van der Waals surface area (Å²) in [4.78, 5) is 25.0. The number of aromatic nitrogens is 2. The molecule has 1 aliphatic heterocycles. The van der Waals surface area contributed by atoms with Crippen LogP contribution in [0.1, 0.15) is 48.1 Å². The molecule has 2 heterocycles. The van der Waals surface area contributed by atoms with Crippen molar-refractivity contribution >= 4 is 46.7 Å². The van der Waals surface area contributed by atoms with Crippen LogP contribution in [0.4, 0.5) is 5.82 Å². The van der Waals surface area contributed by atoms with E-state index in [0.717, 1.165) is 31.2 Å². The number of thioether (sulfide) groups is 1. The van der Waals surface area contributed by atoms with E-state index in [0.29, 0.717) is 21.4 Å². The van der Waals surface area contributed by atoms with Gasteiger partial charge in [0.15, 0.2) is 0 Å². The molecule has 0 unspecified atom stereocenters. The fourth-order valence-corrected chi connectivity index (χ4v) is 5.38. The summed E-state index contributed by atoms with van der Waals surface area (Å²) in [6.45, 7) is 0. The first-order valence-electron chi connectivity index (χ1n) is 8.25. The molecule has 5 nitrogen and oxygen atoms in total. The standard InChI is InChI=1S/C17H17Cl2N3O2S/c18-9-5-6-11(12(19)7-9)15-14-16(20-13(23)8-25-15)22(21-17(14)24)10-3-1-2-4-10/h5-7,10,15H,1-4,8H2,(H,20,23)(H,21,24)/t15-/m1/s1. The number of fused-ring (bicyclic) bond motifs is 1. The molecular formula is C17H17Cl2N3O2S. The highest BCUT2D eigenvalue weighted by Crippen LogP contribution is 2.44. The third-order valence-electron chi connectivity index (χ3n) is 4.80. The third-order valence-corrected chi connectivity index (χ3v) is 6.61. The zero-order valence-electron chi connectivity index (χ0n) is 13.4. The summed E-state index contributed by atoms with van der Waals surface area (Å²) in [6, 6.07) is 5.47. The molecule has 2 aromatic rings. The highest BCUT2D eigenvalue weighted by molar-refractivity contribution is 8.00. The lowest BCUT2D eigenvalue weighted by Crippen LogP contribution is -2.18. The van der Waals surface area contributed by atoms with E-state index in [1.165, 1.54) is 11.8 Å². The van der Waals surface area contributed by atoms with Crippen molar-refractivity contribution in [3.05, 3.63) is 49.7 Å². The Bertz CT molecular complexity index is 887. The SMILES string of the molecule is O=C1CS[C@H](c2ccc(Cl)cc2Cl)c2c(n(C3CCCC3)[nH]c2=O)N1. The average Bonchev–Trinajstić information content (AvgIpc) is 3.15. The molecule has 1 fully saturated rings. The van der Waals surface area contributed by atoms with Crippen LogP contribution in [-0.2, 0) is 4.79 Å². The number of H-pyrrole nitrogens is 1. The van der Waals surface area contributed by atoms with Gasteiger partial charge in [0.25, 0.3) is 5.56 Å². The predicted molar refractivity (Wildman–Crippen MR) is 102 cm³/mol. The number of aromatic amines is 1. The Morgan fingerprint density at radius 1 is 1.16 bits per heavy atom. The molecule has 8 heteroatoms. The number of nitrogens with zero attached hydrogens (tertiary/aromatic N) is 1. The van der Waals surface area contributed by atoms with Gasteiger partial charge in [0.05, 0.1) is 22.6 Å². The maximum atomic E-state index is 12.8. The van der Waals surface area contributed by atoms with Crippen molar-refractivity contribution in [3.8, 4) is 0 Å². The molecule has 1 aromatic carbocycles. The summed E-state index contributed by atoms with van der Waals surface area (Å²) in [7, 11) is 0. The summed E-state index contributed by atoms with van der Waals surface area (Å²) in [5.41, 5.74) is 1.18. The van der Waals surface area contributed by atoms with Gasteiger partial charge in [0.2, 0.25) is 5.91 Å². The quantitative estimate of drug-likeness (QED) is 0.789. The second-order valence-corrected chi connectivity index (χ2v) is 8.35. The van der Waals surface area contributed by atoms with Crippen LogP contribution in [0, 0.1) is 0 Å². The second kappa shape index (κ2) is 6.74. The molecule has 1 amide bonds. The first kappa shape index (κ1) is 17.1. The maximum absolute atomic E-state index is 12.8. The van der Waals surface area contributed by atoms with Crippen LogP contribution in [-0.4, -0.2) is 21.4 Å². The van der Waals surface area contributed by atoms with Crippen LogP contribution in [0.15, 0.2) is 23.0 Å². The van der Waals surface area contributed by atoms with Crippen LogP contribution >= 0.6 is 35.0 Å². The van der Waals surface area contributed by atoms with Gasteiger partial charge >= 0.3 is 0 Å². The van der Waals surface area contributed by atoms with Gasteiger partial charge in [0.1, 0.15) is 5.82 Å². The number of halogens is 2. The highest BCUT2D eigenvalue weighted by atomic mass is 35.5. The highest BCUT2D eigenvalue weighted by Gasteiger charge is 2.33. The van der Waals surface area contributed by atoms with E-state index >= 15 is 0 Å². The molecule has 1 aliphatic carbocycles. The van der Waals surface area contributed by atoms with Gasteiger partial charge in [-0.25, -0.2) is 0 Å². The monoisotopic (exact) mass is 397 g/mol. The van der Waals surface area contributed by atoms with Crippen LogP contribution in [0.25, 0.3) is 0 Å². The number of amides is 1. The van der Waals surface area contributed by atoms with Crippen molar-refractivity contribution in [3.63, 3.8) is 0 Å². The van der Waals surface area contributed by atoms with Crippen LogP contribution < -0.4 is 10.9 Å². The number of carbonyl (C=O) groups is 1. The van der Waals surface area contributed by atoms with E-state index in [9.17, 15) is 9.59 Å². The van der Waals surface area contributed by atoms with Crippen molar-refractivity contribution in [2.75, 3.05) is 11.1 Å². The number of hydrogen-bond donors (Lipinski definition) is 2. The number of nitrogens with one attached hydrogen (secondary N) is 2. The van der Waals surface area contributed by atoms with Crippen molar-refractivity contribution in [2.24, 2.45) is 0 Å². The normalized spacial score (nSPS) is 21.0. The Morgan fingerprint density at radius 2 is 1.92 bits per heavy atom. The average molecular weight is 398 g/mol. The zero-order valence-corrected chi connectivity index (χ0v) is 15.7. The smallest absolute Gasteiger partial charge is 0.270 e. The Morgan fingerprint density at radius 3 is 2.64 bits per heavy atom. The van der Waals surface area contributed by atoms with Gasteiger partial charge in [-0.3, -0.25) is 19.4 Å². The molecule has 4 rings (SSSR count). The molecule has 2 aliphatic rings. The molecule has 132 valence electrons. The van der Waals surface area contributed by atoms with Crippen molar-refractivity contribution < 1.29 is 4.79 Å². The van der Waals surface area contributed by atoms with E-state index < -0.39 is 0 Å². The first-order chi connectivity index (χ1) is 12.0. The van der Waals surface area contributed by atoms with Gasteiger partial charge in [-0.1, -0.05) is 42.1 Å². The summed E-state index contributed by atoms with van der Waals surface area (Å²) in [5, 5.41) is 6.59. The predicted octanol–water partition coefficient (Wildman–Crippen LogP) is 4.37. The minimum atomic E-state index is -0.315. The molecule has 0 radical (unpaired) electrons. The second-order valence-electron chi connectivity index (χ2n) is 6.42. The number of rotatable bonds is 2. The Hall–Kier alpha value is -1.37. The molecule has 0 saturated heterocycles. The van der Waals surface area contributed by atoms with Gasteiger partial charge in [-0.15, -0.1) is 11.8 Å². The van der Waals surface area contributed by atoms with E-state index in [1.807, 2.05) is 10.7 Å². The summed E-state index contributed by atoms with van der Waals surface area (Å²) < 4.78 is 1.85. The van der Waals surface area contributed by atoms with Crippen LogP contribution in [0.3, 0.4) is 0 Å². The van der Waals surface area contributed by atoms with E-state index in [1.54, 1.807) is 12.1 Å². The van der Waals surface area contributed by atoms with Crippen molar-refractivity contribution in [1.82, 2.24) is 9.78 Å². The largest absolute Gasteiger partial charge is 0.310 e. The van der Waals surface area contributed by atoms with Gasteiger partial charge in [-0.2, -0.15) is 0 Å². The number of carbonyl (C=O) groups excluding carboxylic acids is 1. The molecule has 1 atom stereocenters. The van der Waals surface area contributed by atoms with Crippen molar-refractivity contribution in [1.29, 1.82) is 0 Å². The molecule has 2 N–H and O–H groups in total. The molecule has 1 saturated carbocycles. The van der Waals surface area contributed by atoms with Gasteiger partial charge in [-0.05, 0) is 30.5 Å². The Labute approximate surface area is 159 Å². The van der Waals surface area contributed by atoms with E-state index in [2.05, 4.69) is 10.4 Å². The molecule has 0 spiro atoms. The first-order valence-corrected chi connectivity index (χ1v) is 10.1. The maximum Gasteiger partial charge on any atom is 0.270 e. The Kier molecular flexibility index (Phi) is 4.60. The van der Waals surface area contributed by atoms with Crippen LogP contribution in [0.5, 0.6) is 0 Å². The van der Waals surface area contributed by atoms with Crippen molar-refractivity contribution in [2.45, 2.75) is 37.0 Å². The van der Waals surface area contributed by atoms with Gasteiger partial charge in [0, 0.05) is 10.0 Å². The summed E-state index contributed by atoms with van der Waals surface area (Å²) in [5.74, 6) is 0.745. The van der Waals surface area contributed by atoms with E-state index in [4.69, 9.17) is 23.2 Å². The lowest BCUT2D eigenvalue weighted by molar-refractivity contribution is -0.113. The lowest BCUT2D eigenvalue weighted by atomic mass is 10.1. The number of anilines is 1. The molecule has 25 heavy (non-hydrogen) atoms.